The zero-order chi connectivity index (χ0) is 14.5. The minimum absolute atomic E-state index is 0.0120. The SMILES string of the molecule is N#CC(=Cc1ccc(O)c(Cl)c1)C(=O)c1ccccc1. The van der Waals surface area contributed by atoms with Gasteiger partial charge in [-0.3, -0.25) is 4.79 Å². The third kappa shape index (κ3) is 3.05. The van der Waals surface area contributed by atoms with E-state index in [2.05, 4.69) is 0 Å². The van der Waals surface area contributed by atoms with Crippen LogP contribution in [0.25, 0.3) is 6.08 Å². The predicted molar refractivity (Wildman–Crippen MR) is 77.5 cm³/mol. The van der Waals surface area contributed by atoms with E-state index in [1.165, 1.54) is 18.2 Å². The van der Waals surface area contributed by atoms with Crippen molar-refractivity contribution < 1.29 is 9.90 Å². The van der Waals surface area contributed by atoms with E-state index in [-0.39, 0.29) is 22.1 Å². The first-order valence-electron chi connectivity index (χ1n) is 5.82. The van der Waals surface area contributed by atoms with Crippen molar-refractivity contribution in [3.63, 3.8) is 0 Å². The van der Waals surface area contributed by atoms with E-state index in [1.54, 1.807) is 36.4 Å². The third-order valence-corrected chi connectivity index (χ3v) is 2.99. The molecule has 0 saturated carbocycles. The summed E-state index contributed by atoms with van der Waals surface area (Å²) in [6, 6.07) is 14.9. The molecule has 0 bridgehead atoms. The van der Waals surface area contributed by atoms with Crippen molar-refractivity contribution in [1.29, 1.82) is 5.26 Å². The average molecular weight is 284 g/mol. The summed E-state index contributed by atoms with van der Waals surface area (Å²) in [6.07, 6.45) is 1.45. The average Bonchev–Trinajstić information content (AvgIpc) is 2.48. The summed E-state index contributed by atoms with van der Waals surface area (Å²) < 4.78 is 0. The summed E-state index contributed by atoms with van der Waals surface area (Å²) in [5.41, 5.74) is 1.04. The molecule has 0 atom stereocenters. The number of benzene rings is 2. The maximum atomic E-state index is 12.2. The lowest BCUT2D eigenvalue weighted by atomic mass is 10.0. The van der Waals surface area contributed by atoms with Crippen LogP contribution < -0.4 is 0 Å². The van der Waals surface area contributed by atoms with Crippen LogP contribution in [0.2, 0.25) is 5.02 Å². The fraction of sp³-hybridized carbons (Fsp3) is 0. The molecule has 2 aromatic carbocycles. The van der Waals surface area contributed by atoms with Gasteiger partial charge in [0, 0.05) is 5.56 Å². The van der Waals surface area contributed by atoms with E-state index in [9.17, 15) is 9.90 Å². The Kier molecular flexibility index (Phi) is 4.19. The molecule has 0 saturated heterocycles. The van der Waals surface area contributed by atoms with Crippen molar-refractivity contribution in [2.75, 3.05) is 0 Å². The van der Waals surface area contributed by atoms with Gasteiger partial charge in [-0.1, -0.05) is 48.0 Å². The molecule has 20 heavy (non-hydrogen) atoms. The Bertz CT molecular complexity index is 715. The van der Waals surface area contributed by atoms with E-state index in [0.717, 1.165) is 0 Å². The maximum Gasteiger partial charge on any atom is 0.203 e. The highest BCUT2D eigenvalue weighted by atomic mass is 35.5. The Morgan fingerprint density at radius 2 is 1.90 bits per heavy atom. The minimum atomic E-state index is -0.350. The van der Waals surface area contributed by atoms with Gasteiger partial charge in [0.1, 0.15) is 17.4 Å². The molecule has 0 unspecified atom stereocenters. The molecule has 0 amide bonds. The predicted octanol–water partition coefficient (Wildman–Crippen LogP) is 3.84. The van der Waals surface area contributed by atoms with Gasteiger partial charge < -0.3 is 5.11 Å². The van der Waals surface area contributed by atoms with E-state index in [1.807, 2.05) is 6.07 Å². The Labute approximate surface area is 121 Å². The van der Waals surface area contributed by atoms with Crippen molar-refractivity contribution >= 4 is 23.5 Å². The number of hydrogen-bond acceptors (Lipinski definition) is 3. The standard InChI is InChI=1S/C16H10ClNO2/c17-14-9-11(6-7-15(14)19)8-13(10-18)16(20)12-4-2-1-3-5-12/h1-9,19H. The molecular weight excluding hydrogens is 274 g/mol. The highest BCUT2D eigenvalue weighted by Gasteiger charge is 2.11. The lowest BCUT2D eigenvalue weighted by molar-refractivity contribution is 0.104. The number of halogens is 1. The van der Waals surface area contributed by atoms with Crippen molar-refractivity contribution in [2.24, 2.45) is 0 Å². The number of phenols is 1. The molecule has 0 aliphatic rings. The normalized spacial score (nSPS) is 10.9. The highest BCUT2D eigenvalue weighted by molar-refractivity contribution is 6.32. The smallest absolute Gasteiger partial charge is 0.203 e. The zero-order valence-corrected chi connectivity index (χ0v) is 11.1. The van der Waals surface area contributed by atoms with Crippen LogP contribution in [0, 0.1) is 11.3 Å². The molecule has 0 fully saturated rings. The Morgan fingerprint density at radius 1 is 1.20 bits per heavy atom. The van der Waals surface area contributed by atoms with Gasteiger partial charge in [0.05, 0.1) is 5.02 Å². The quantitative estimate of drug-likeness (QED) is 0.529. The third-order valence-electron chi connectivity index (χ3n) is 2.68. The van der Waals surface area contributed by atoms with Crippen LogP contribution in [0.3, 0.4) is 0 Å². The zero-order valence-electron chi connectivity index (χ0n) is 10.4. The van der Waals surface area contributed by atoms with Crippen molar-refractivity contribution in [3.05, 3.63) is 70.3 Å². The molecular formula is C16H10ClNO2. The number of hydrogen-bond donors (Lipinski definition) is 1. The maximum absolute atomic E-state index is 12.2. The van der Waals surface area contributed by atoms with E-state index in [0.29, 0.717) is 11.1 Å². The van der Waals surface area contributed by atoms with Gasteiger partial charge in [-0.15, -0.1) is 0 Å². The van der Waals surface area contributed by atoms with E-state index in [4.69, 9.17) is 16.9 Å². The van der Waals surface area contributed by atoms with Crippen LogP contribution in [0.15, 0.2) is 54.1 Å². The molecule has 0 heterocycles. The first kappa shape index (κ1) is 13.9. The number of nitrogens with zero attached hydrogens (tertiary/aromatic N) is 1. The van der Waals surface area contributed by atoms with Gasteiger partial charge in [0.25, 0.3) is 0 Å². The lowest BCUT2D eigenvalue weighted by Crippen LogP contribution is -2.01. The number of Topliss-reactive ketones (excluding diaryl/α,β-unsaturated/α-hetero) is 1. The molecule has 0 aromatic heterocycles. The van der Waals surface area contributed by atoms with Crippen molar-refractivity contribution in [2.45, 2.75) is 0 Å². The largest absolute Gasteiger partial charge is 0.506 e. The first-order chi connectivity index (χ1) is 9.61. The monoisotopic (exact) mass is 283 g/mol. The van der Waals surface area contributed by atoms with Crippen LogP contribution in [0.5, 0.6) is 5.75 Å². The van der Waals surface area contributed by atoms with Gasteiger partial charge in [-0.05, 0) is 23.8 Å². The molecule has 4 heteroatoms. The van der Waals surface area contributed by atoms with Gasteiger partial charge in [-0.25, -0.2) is 0 Å². The summed E-state index contributed by atoms with van der Waals surface area (Å²) >= 11 is 5.79. The van der Waals surface area contributed by atoms with Gasteiger partial charge in [0.15, 0.2) is 0 Å². The number of allylic oxidation sites excluding steroid dienone is 1. The van der Waals surface area contributed by atoms with Crippen molar-refractivity contribution in [1.82, 2.24) is 0 Å². The van der Waals surface area contributed by atoms with Gasteiger partial charge >= 0.3 is 0 Å². The Hall–Kier alpha value is -2.57. The number of carbonyl (C=O) groups excluding carboxylic acids is 1. The number of rotatable bonds is 3. The molecule has 0 radical (unpaired) electrons. The molecule has 1 N–H and O–H groups in total. The Morgan fingerprint density at radius 3 is 2.50 bits per heavy atom. The number of phenolic OH excluding ortho intramolecular Hbond substituents is 1. The first-order valence-corrected chi connectivity index (χ1v) is 6.19. The van der Waals surface area contributed by atoms with Gasteiger partial charge in [0.2, 0.25) is 5.78 Å². The van der Waals surface area contributed by atoms with Crippen LogP contribution in [0.1, 0.15) is 15.9 Å². The topological polar surface area (TPSA) is 61.1 Å². The Balaban J connectivity index is 2.37. The molecule has 2 aromatic rings. The number of aromatic hydroxyl groups is 1. The number of ketones is 1. The molecule has 0 aliphatic carbocycles. The van der Waals surface area contributed by atoms with Crippen LogP contribution >= 0.6 is 11.6 Å². The fourth-order valence-corrected chi connectivity index (χ4v) is 1.86. The summed E-state index contributed by atoms with van der Waals surface area (Å²) in [7, 11) is 0. The van der Waals surface area contributed by atoms with Crippen molar-refractivity contribution in [3.8, 4) is 11.8 Å². The van der Waals surface area contributed by atoms with Crippen LogP contribution in [-0.4, -0.2) is 10.9 Å². The molecule has 0 aliphatic heterocycles. The fourth-order valence-electron chi connectivity index (χ4n) is 1.67. The second-order valence-electron chi connectivity index (χ2n) is 4.08. The number of carbonyl (C=O) groups is 1. The number of nitriles is 1. The second kappa shape index (κ2) is 6.05. The highest BCUT2D eigenvalue weighted by Crippen LogP contribution is 2.25. The summed E-state index contributed by atoms with van der Waals surface area (Å²) in [5, 5.41) is 18.6. The molecule has 98 valence electrons. The molecule has 2 rings (SSSR count). The van der Waals surface area contributed by atoms with Crippen LogP contribution in [-0.2, 0) is 0 Å². The summed E-state index contributed by atoms with van der Waals surface area (Å²) in [4.78, 5) is 12.2. The molecule has 0 spiro atoms. The summed E-state index contributed by atoms with van der Waals surface area (Å²) in [5.74, 6) is -0.394. The van der Waals surface area contributed by atoms with E-state index < -0.39 is 0 Å². The van der Waals surface area contributed by atoms with E-state index >= 15 is 0 Å². The van der Waals surface area contributed by atoms with Crippen LogP contribution in [0.4, 0.5) is 0 Å². The second-order valence-corrected chi connectivity index (χ2v) is 4.48. The lowest BCUT2D eigenvalue weighted by Gasteiger charge is -2.01. The molecule has 3 nitrogen and oxygen atoms in total. The summed E-state index contributed by atoms with van der Waals surface area (Å²) in [6.45, 7) is 0. The van der Waals surface area contributed by atoms with Gasteiger partial charge in [-0.2, -0.15) is 5.26 Å². The minimum Gasteiger partial charge on any atom is -0.506 e.